The van der Waals surface area contributed by atoms with E-state index in [1.807, 2.05) is 0 Å². The minimum atomic E-state index is -4.04. The second-order valence-corrected chi connectivity index (χ2v) is 10.3. The van der Waals surface area contributed by atoms with E-state index in [1.54, 1.807) is 47.4 Å². The van der Waals surface area contributed by atoms with E-state index in [2.05, 4.69) is 4.90 Å². The number of anilines is 2. The second kappa shape index (κ2) is 10.5. The predicted molar refractivity (Wildman–Crippen MR) is 134 cm³/mol. The number of methoxy groups -OCH3 is 1. The van der Waals surface area contributed by atoms with E-state index >= 15 is 0 Å². The molecule has 0 aliphatic carbocycles. The van der Waals surface area contributed by atoms with Crippen LogP contribution in [-0.4, -0.2) is 59.1 Å². The van der Waals surface area contributed by atoms with Gasteiger partial charge in [0.1, 0.15) is 18.1 Å². The average Bonchev–Trinajstić information content (AvgIpc) is 2.88. The SMILES string of the molecule is COc1ccc(N(CC(=O)N2CCN(c3ccc(F)cc3)CC2)S(=O)(=O)c2ccccc2)cc1Cl. The largest absolute Gasteiger partial charge is 0.495 e. The van der Waals surface area contributed by atoms with Crippen LogP contribution >= 0.6 is 11.6 Å². The Kier molecular flexibility index (Phi) is 7.47. The van der Waals surface area contributed by atoms with Crippen LogP contribution in [0.5, 0.6) is 5.75 Å². The van der Waals surface area contributed by atoms with Gasteiger partial charge in [0.2, 0.25) is 5.91 Å². The Labute approximate surface area is 209 Å². The molecule has 0 unspecified atom stereocenters. The van der Waals surface area contributed by atoms with Crippen molar-refractivity contribution in [1.82, 2.24) is 4.90 Å². The minimum Gasteiger partial charge on any atom is -0.495 e. The van der Waals surface area contributed by atoms with Crippen molar-refractivity contribution in [2.75, 3.05) is 49.0 Å². The number of nitrogens with zero attached hydrogens (tertiary/aromatic N) is 3. The summed E-state index contributed by atoms with van der Waals surface area (Å²) < 4.78 is 46.5. The molecule has 3 aromatic carbocycles. The number of carbonyl (C=O) groups is 1. The lowest BCUT2D eigenvalue weighted by molar-refractivity contribution is -0.129. The van der Waals surface area contributed by atoms with Crippen LogP contribution in [0.25, 0.3) is 0 Å². The van der Waals surface area contributed by atoms with E-state index < -0.39 is 10.0 Å². The fraction of sp³-hybridized carbons (Fsp3) is 0.240. The van der Waals surface area contributed by atoms with Crippen LogP contribution in [0.3, 0.4) is 0 Å². The molecule has 1 heterocycles. The first-order valence-corrected chi connectivity index (χ1v) is 12.8. The number of halogens is 2. The van der Waals surface area contributed by atoms with E-state index in [-0.39, 0.29) is 33.9 Å². The normalized spacial score (nSPS) is 14.0. The number of rotatable bonds is 7. The van der Waals surface area contributed by atoms with Crippen LogP contribution in [-0.2, 0) is 14.8 Å². The fourth-order valence-corrected chi connectivity index (χ4v) is 5.61. The summed E-state index contributed by atoms with van der Waals surface area (Å²) in [6, 6.07) is 18.8. The quantitative estimate of drug-likeness (QED) is 0.473. The highest BCUT2D eigenvalue weighted by Crippen LogP contribution is 2.32. The summed E-state index contributed by atoms with van der Waals surface area (Å²) in [7, 11) is -2.57. The van der Waals surface area contributed by atoms with Gasteiger partial charge < -0.3 is 14.5 Å². The molecule has 0 spiro atoms. The van der Waals surface area contributed by atoms with Gasteiger partial charge in [0.15, 0.2) is 0 Å². The molecular weight excluding hydrogens is 493 g/mol. The number of amides is 1. The van der Waals surface area contributed by atoms with Crippen molar-refractivity contribution in [3.63, 3.8) is 0 Å². The zero-order valence-electron chi connectivity index (χ0n) is 19.1. The van der Waals surface area contributed by atoms with Gasteiger partial charge in [-0.3, -0.25) is 9.10 Å². The van der Waals surface area contributed by atoms with Crippen LogP contribution in [0.4, 0.5) is 15.8 Å². The first-order chi connectivity index (χ1) is 16.8. The Balaban J connectivity index is 1.55. The van der Waals surface area contributed by atoms with Crippen molar-refractivity contribution in [2.45, 2.75) is 4.90 Å². The fourth-order valence-electron chi connectivity index (χ4n) is 3.93. The second-order valence-electron chi connectivity index (χ2n) is 7.99. The van der Waals surface area contributed by atoms with Crippen molar-refractivity contribution in [2.24, 2.45) is 0 Å². The molecule has 35 heavy (non-hydrogen) atoms. The maximum absolute atomic E-state index is 13.5. The first-order valence-electron chi connectivity index (χ1n) is 11.0. The number of hydrogen-bond acceptors (Lipinski definition) is 5. The molecule has 1 aliphatic heterocycles. The van der Waals surface area contributed by atoms with Gasteiger partial charge in [-0.1, -0.05) is 29.8 Å². The van der Waals surface area contributed by atoms with E-state index in [0.717, 1.165) is 9.99 Å². The molecule has 0 bridgehead atoms. The van der Waals surface area contributed by atoms with Crippen molar-refractivity contribution in [1.29, 1.82) is 0 Å². The maximum Gasteiger partial charge on any atom is 0.264 e. The molecule has 0 saturated carbocycles. The monoisotopic (exact) mass is 517 g/mol. The summed E-state index contributed by atoms with van der Waals surface area (Å²) in [4.78, 5) is 17.0. The molecule has 10 heteroatoms. The number of piperazine rings is 1. The number of ether oxygens (including phenoxy) is 1. The van der Waals surface area contributed by atoms with Crippen molar-refractivity contribution in [3.8, 4) is 5.75 Å². The van der Waals surface area contributed by atoms with Gasteiger partial charge in [0.25, 0.3) is 10.0 Å². The van der Waals surface area contributed by atoms with Gasteiger partial charge in [-0.2, -0.15) is 0 Å². The smallest absolute Gasteiger partial charge is 0.264 e. The van der Waals surface area contributed by atoms with E-state index in [9.17, 15) is 17.6 Å². The van der Waals surface area contributed by atoms with Crippen LogP contribution in [0.15, 0.2) is 77.7 Å². The Hall–Kier alpha value is -3.30. The summed E-state index contributed by atoms with van der Waals surface area (Å²) >= 11 is 6.27. The van der Waals surface area contributed by atoms with Crippen LogP contribution < -0.4 is 13.9 Å². The highest BCUT2D eigenvalue weighted by molar-refractivity contribution is 7.92. The average molecular weight is 518 g/mol. The summed E-state index contributed by atoms with van der Waals surface area (Å²) in [5, 5.41) is 0.235. The molecule has 3 aromatic rings. The lowest BCUT2D eigenvalue weighted by Crippen LogP contribution is -2.52. The predicted octanol–water partition coefficient (Wildman–Crippen LogP) is 4.03. The van der Waals surface area contributed by atoms with E-state index in [1.165, 1.54) is 37.4 Å². The molecule has 4 rings (SSSR count). The summed E-state index contributed by atoms with van der Waals surface area (Å²) in [5.74, 6) is -0.230. The van der Waals surface area contributed by atoms with Gasteiger partial charge in [0, 0.05) is 31.9 Å². The molecule has 0 N–H and O–H groups in total. The Morgan fingerprint density at radius 2 is 1.66 bits per heavy atom. The lowest BCUT2D eigenvalue weighted by Gasteiger charge is -2.37. The lowest BCUT2D eigenvalue weighted by atomic mass is 10.2. The molecule has 184 valence electrons. The number of sulfonamides is 1. The maximum atomic E-state index is 13.5. The zero-order chi connectivity index (χ0) is 25.0. The standard InChI is InChI=1S/C25H25ClFN3O4S/c1-34-24-12-11-21(17-23(24)26)30(35(32,33)22-5-3-2-4-6-22)18-25(31)29-15-13-28(14-16-29)20-9-7-19(27)8-10-20/h2-12,17H,13-16,18H2,1H3. The van der Waals surface area contributed by atoms with Crippen LogP contribution in [0, 0.1) is 5.82 Å². The molecule has 0 aromatic heterocycles. The molecule has 1 amide bonds. The molecule has 0 radical (unpaired) electrons. The third kappa shape index (κ3) is 5.52. The van der Waals surface area contributed by atoms with Crippen LogP contribution in [0.1, 0.15) is 0 Å². The minimum absolute atomic E-state index is 0.0702. The van der Waals surface area contributed by atoms with E-state index in [4.69, 9.17) is 16.3 Å². The molecule has 1 fully saturated rings. The highest BCUT2D eigenvalue weighted by atomic mass is 35.5. The third-order valence-electron chi connectivity index (χ3n) is 5.86. The van der Waals surface area contributed by atoms with Gasteiger partial charge >= 0.3 is 0 Å². The Morgan fingerprint density at radius 3 is 2.26 bits per heavy atom. The molecule has 7 nitrogen and oxygen atoms in total. The van der Waals surface area contributed by atoms with E-state index in [0.29, 0.717) is 31.9 Å². The Morgan fingerprint density at radius 1 is 1.00 bits per heavy atom. The van der Waals surface area contributed by atoms with Gasteiger partial charge in [-0.25, -0.2) is 12.8 Å². The topological polar surface area (TPSA) is 70.2 Å². The van der Waals surface area contributed by atoms with Crippen molar-refractivity contribution < 1.29 is 22.3 Å². The number of benzene rings is 3. The van der Waals surface area contributed by atoms with Crippen molar-refractivity contribution >= 4 is 38.9 Å². The van der Waals surface area contributed by atoms with Crippen LogP contribution in [0.2, 0.25) is 5.02 Å². The zero-order valence-corrected chi connectivity index (χ0v) is 20.7. The van der Waals surface area contributed by atoms with Gasteiger partial charge in [0.05, 0.1) is 22.7 Å². The molecule has 1 saturated heterocycles. The summed E-state index contributed by atoms with van der Waals surface area (Å²) in [6.45, 7) is 1.56. The summed E-state index contributed by atoms with van der Waals surface area (Å²) in [6.07, 6.45) is 0. The number of carbonyl (C=O) groups excluding carboxylic acids is 1. The third-order valence-corrected chi connectivity index (χ3v) is 7.94. The van der Waals surface area contributed by atoms with Crippen molar-refractivity contribution in [3.05, 3.63) is 83.6 Å². The molecule has 0 atom stereocenters. The Bertz CT molecular complexity index is 1280. The molecule has 1 aliphatic rings. The first kappa shape index (κ1) is 24.8. The summed E-state index contributed by atoms with van der Waals surface area (Å²) in [5.41, 5.74) is 1.14. The van der Waals surface area contributed by atoms with Gasteiger partial charge in [-0.05, 0) is 54.6 Å². The van der Waals surface area contributed by atoms with Gasteiger partial charge in [-0.15, -0.1) is 0 Å². The molecular formula is C25H25ClFN3O4S. The highest BCUT2D eigenvalue weighted by Gasteiger charge is 2.30. The number of hydrogen-bond donors (Lipinski definition) is 0.